The van der Waals surface area contributed by atoms with E-state index in [0.717, 1.165) is 18.6 Å². The summed E-state index contributed by atoms with van der Waals surface area (Å²) in [7, 11) is 0. The molecule has 0 spiro atoms. The van der Waals surface area contributed by atoms with Gasteiger partial charge in [-0.1, -0.05) is 6.07 Å². The maximum Gasteiger partial charge on any atom is 0.416 e. The number of hydrogen-bond acceptors (Lipinski definition) is 3. The Balaban J connectivity index is 1.51. The van der Waals surface area contributed by atoms with Crippen molar-refractivity contribution in [3.8, 4) is 0 Å². The van der Waals surface area contributed by atoms with Crippen LogP contribution in [0, 0.1) is 0 Å². The van der Waals surface area contributed by atoms with E-state index in [1.54, 1.807) is 11.0 Å². The first-order valence-electron chi connectivity index (χ1n) is 9.17. The number of nitrogens with one attached hydrogen (secondary N) is 1. The van der Waals surface area contributed by atoms with Crippen molar-refractivity contribution in [1.82, 2.24) is 10.2 Å². The summed E-state index contributed by atoms with van der Waals surface area (Å²) >= 11 is 0. The average Bonchev–Trinajstić information content (AvgIpc) is 2.98. The van der Waals surface area contributed by atoms with Gasteiger partial charge in [0.05, 0.1) is 5.56 Å². The van der Waals surface area contributed by atoms with Crippen LogP contribution < -0.4 is 10.2 Å². The molecule has 2 fully saturated rings. The predicted octanol–water partition coefficient (Wildman–Crippen LogP) is 2.80. The third-order valence-electron chi connectivity index (χ3n) is 5.41. The zero-order valence-electron chi connectivity index (χ0n) is 15.3. The van der Waals surface area contributed by atoms with Gasteiger partial charge >= 0.3 is 6.18 Å². The molecule has 8 heteroatoms. The van der Waals surface area contributed by atoms with E-state index in [9.17, 15) is 22.8 Å². The number of amides is 2. The highest BCUT2D eigenvalue weighted by atomic mass is 19.4. The number of hydrogen-bond donors (Lipinski definition) is 1. The van der Waals surface area contributed by atoms with Gasteiger partial charge in [0.25, 0.3) is 0 Å². The summed E-state index contributed by atoms with van der Waals surface area (Å²) in [4.78, 5) is 27.5. The predicted molar refractivity (Wildman–Crippen MR) is 95.3 cm³/mol. The molecule has 0 aliphatic carbocycles. The van der Waals surface area contributed by atoms with Crippen LogP contribution in [-0.2, 0) is 15.8 Å². The van der Waals surface area contributed by atoms with Crippen molar-refractivity contribution >= 4 is 17.5 Å². The van der Waals surface area contributed by atoms with E-state index in [0.29, 0.717) is 51.1 Å². The molecule has 1 N–H and O–H groups in total. The lowest BCUT2D eigenvalue weighted by Gasteiger charge is -2.37. The van der Waals surface area contributed by atoms with E-state index < -0.39 is 11.7 Å². The Bertz CT molecular complexity index is 714. The van der Waals surface area contributed by atoms with Gasteiger partial charge in [-0.05, 0) is 38.0 Å². The third-order valence-corrected chi connectivity index (χ3v) is 5.41. The van der Waals surface area contributed by atoms with Gasteiger partial charge in [0.15, 0.2) is 0 Å². The zero-order valence-corrected chi connectivity index (χ0v) is 15.3. The van der Waals surface area contributed by atoms with E-state index in [1.165, 1.54) is 6.07 Å². The Morgan fingerprint density at radius 1 is 1.22 bits per heavy atom. The normalized spacial score (nSPS) is 23.5. The number of carbonyl (C=O) groups excluding carboxylic acids is 2. The standard InChI is InChI=1S/C19H24F3N3O2/c1-18(7-5-16(26)23-18)8-6-17(27)25-11-9-24(10-12-25)15-4-2-3-14(13-15)19(20,21)22/h2-4,13H,5-12H2,1H3,(H,23,26)/t18-/m0/s1. The van der Waals surface area contributed by atoms with Crippen LogP contribution in [0.3, 0.4) is 0 Å². The van der Waals surface area contributed by atoms with Gasteiger partial charge in [-0.25, -0.2) is 0 Å². The number of anilines is 1. The second kappa shape index (κ2) is 7.40. The Labute approximate surface area is 156 Å². The lowest BCUT2D eigenvalue weighted by atomic mass is 9.94. The lowest BCUT2D eigenvalue weighted by Crippen LogP contribution is -2.49. The monoisotopic (exact) mass is 383 g/mol. The fraction of sp³-hybridized carbons (Fsp3) is 0.579. The van der Waals surface area contributed by atoms with Crippen LogP contribution >= 0.6 is 0 Å². The molecule has 2 saturated heterocycles. The van der Waals surface area contributed by atoms with Crippen molar-refractivity contribution in [3.05, 3.63) is 29.8 Å². The van der Waals surface area contributed by atoms with Crippen LogP contribution in [0.25, 0.3) is 0 Å². The number of piperazine rings is 1. The highest BCUT2D eigenvalue weighted by Crippen LogP contribution is 2.32. The summed E-state index contributed by atoms with van der Waals surface area (Å²) in [5.41, 5.74) is -0.449. The first-order valence-corrected chi connectivity index (χ1v) is 9.17. The summed E-state index contributed by atoms with van der Waals surface area (Å²) in [5, 5.41) is 2.92. The van der Waals surface area contributed by atoms with Gasteiger partial charge < -0.3 is 15.1 Å². The molecule has 2 heterocycles. The second-order valence-electron chi connectivity index (χ2n) is 7.52. The van der Waals surface area contributed by atoms with Crippen molar-refractivity contribution in [2.24, 2.45) is 0 Å². The fourth-order valence-corrected chi connectivity index (χ4v) is 3.67. The first kappa shape index (κ1) is 19.5. The minimum absolute atomic E-state index is 0.0275. The molecule has 1 aromatic rings. The molecular weight excluding hydrogens is 359 g/mol. The molecule has 1 atom stereocenters. The SMILES string of the molecule is C[C@@]1(CCC(=O)N2CCN(c3cccc(C(F)(F)F)c3)CC2)CCC(=O)N1. The van der Waals surface area contributed by atoms with Gasteiger partial charge in [-0.15, -0.1) is 0 Å². The number of alkyl halides is 3. The Morgan fingerprint density at radius 2 is 1.93 bits per heavy atom. The second-order valence-corrected chi connectivity index (χ2v) is 7.52. The molecule has 27 heavy (non-hydrogen) atoms. The quantitative estimate of drug-likeness (QED) is 0.870. The van der Waals surface area contributed by atoms with Gasteiger partial charge in [0.2, 0.25) is 11.8 Å². The molecule has 5 nitrogen and oxygen atoms in total. The third kappa shape index (κ3) is 4.73. The topological polar surface area (TPSA) is 52.7 Å². The van der Waals surface area contributed by atoms with Crippen LogP contribution in [0.5, 0.6) is 0 Å². The summed E-state index contributed by atoms with van der Waals surface area (Å²) in [6.45, 7) is 3.93. The van der Waals surface area contributed by atoms with Crippen LogP contribution in [-0.4, -0.2) is 48.4 Å². The molecule has 0 bridgehead atoms. The van der Waals surface area contributed by atoms with Gasteiger partial charge in [0, 0.05) is 50.2 Å². The average molecular weight is 383 g/mol. The molecule has 2 aliphatic heterocycles. The Hall–Kier alpha value is -2.25. The number of benzene rings is 1. The van der Waals surface area contributed by atoms with E-state index in [-0.39, 0.29) is 17.4 Å². The van der Waals surface area contributed by atoms with E-state index in [4.69, 9.17) is 0 Å². The lowest BCUT2D eigenvalue weighted by molar-refractivity contribution is -0.137. The van der Waals surface area contributed by atoms with E-state index in [2.05, 4.69) is 5.32 Å². The van der Waals surface area contributed by atoms with Crippen molar-refractivity contribution in [2.75, 3.05) is 31.1 Å². The highest BCUT2D eigenvalue weighted by molar-refractivity contribution is 5.80. The summed E-state index contributed by atoms with van der Waals surface area (Å²) in [6, 6.07) is 5.29. The van der Waals surface area contributed by atoms with Crippen molar-refractivity contribution in [1.29, 1.82) is 0 Å². The molecule has 2 amide bonds. The molecule has 0 radical (unpaired) electrons. The molecular formula is C19H24F3N3O2. The first-order chi connectivity index (χ1) is 12.7. The molecule has 148 valence electrons. The molecule has 2 aliphatic rings. The minimum atomic E-state index is -4.36. The largest absolute Gasteiger partial charge is 0.416 e. The van der Waals surface area contributed by atoms with Crippen molar-refractivity contribution in [2.45, 2.75) is 44.3 Å². The summed E-state index contributed by atoms with van der Waals surface area (Å²) in [6.07, 6.45) is -2.16. The Morgan fingerprint density at radius 3 is 2.52 bits per heavy atom. The zero-order chi connectivity index (χ0) is 19.7. The summed E-state index contributed by atoms with van der Waals surface area (Å²) < 4.78 is 38.6. The number of rotatable bonds is 4. The van der Waals surface area contributed by atoms with Crippen LogP contribution in [0.1, 0.15) is 38.2 Å². The number of halogens is 3. The highest BCUT2D eigenvalue weighted by Gasteiger charge is 2.34. The van der Waals surface area contributed by atoms with E-state index in [1.807, 2.05) is 11.8 Å². The molecule has 0 saturated carbocycles. The van der Waals surface area contributed by atoms with Crippen LogP contribution in [0.2, 0.25) is 0 Å². The molecule has 3 rings (SSSR count). The maximum atomic E-state index is 12.9. The van der Waals surface area contributed by atoms with Crippen molar-refractivity contribution in [3.63, 3.8) is 0 Å². The van der Waals surface area contributed by atoms with Crippen molar-refractivity contribution < 1.29 is 22.8 Å². The van der Waals surface area contributed by atoms with Crippen LogP contribution in [0.4, 0.5) is 18.9 Å². The smallest absolute Gasteiger partial charge is 0.368 e. The van der Waals surface area contributed by atoms with Crippen LogP contribution in [0.15, 0.2) is 24.3 Å². The Kier molecular flexibility index (Phi) is 5.35. The molecule has 1 aromatic carbocycles. The number of carbonyl (C=O) groups is 2. The fourth-order valence-electron chi connectivity index (χ4n) is 3.67. The molecule has 0 unspecified atom stereocenters. The minimum Gasteiger partial charge on any atom is -0.368 e. The van der Waals surface area contributed by atoms with E-state index >= 15 is 0 Å². The van der Waals surface area contributed by atoms with Gasteiger partial charge in [-0.2, -0.15) is 13.2 Å². The molecule has 0 aromatic heterocycles. The van der Waals surface area contributed by atoms with Gasteiger partial charge in [0.1, 0.15) is 0 Å². The summed E-state index contributed by atoms with van der Waals surface area (Å²) in [5.74, 6) is 0.0562. The number of nitrogens with zero attached hydrogens (tertiary/aromatic N) is 2. The van der Waals surface area contributed by atoms with Gasteiger partial charge in [-0.3, -0.25) is 9.59 Å². The maximum absolute atomic E-state index is 12.9.